The minimum atomic E-state index is -0.651. The van der Waals surface area contributed by atoms with Gasteiger partial charge in [0.25, 0.3) is 0 Å². The van der Waals surface area contributed by atoms with Gasteiger partial charge in [0.1, 0.15) is 6.61 Å². The van der Waals surface area contributed by atoms with E-state index in [2.05, 4.69) is 0 Å². The maximum Gasteiger partial charge on any atom is 0.248 e. The molecule has 5 nitrogen and oxygen atoms in total. The lowest BCUT2D eigenvalue weighted by Crippen LogP contribution is -2.54. The fraction of sp³-hybridized carbons (Fsp3) is 0.917. The summed E-state index contributed by atoms with van der Waals surface area (Å²) >= 11 is 0. The monoisotopic (exact) mass is 243 g/mol. The molecule has 5 heteroatoms. The van der Waals surface area contributed by atoms with E-state index in [1.165, 1.54) is 0 Å². The topological polar surface area (TPSA) is 70.0 Å². The number of carbonyl (C=O) groups is 1. The SMILES string of the molecule is CC1(O)CCOC2(CCN(C(=O)CO)CC2)C1. The zero-order chi connectivity index (χ0) is 12.5. The number of rotatable bonds is 1. The summed E-state index contributed by atoms with van der Waals surface area (Å²) in [7, 11) is 0. The highest BCUT2D eigenvalue weighted by molar-refractivity contribution is 5.77. The predicted octanol–water partition coefficient (Wildman–Crippen LogP) is -0.0987. The van der Waals surface area contributed by atoms with Crippen molar-refractivity contribution in [2.45, 2.75) is 43.8 Å². The van der Waals surface area contributed by atoms with Crippen molar-refractivity contribution in [2.75, 3.05) is 26.3 Å². The van der Waals surface area contributed by atoms with E-state index in [0.29, 0.717) is 32.5 Å². The highest BCUT2D eigenvalue weighted by atomic mass is 16.5. The molecule has 2 heterocycles. The molecule has 1 unspecified atom stereocenters. The summed E-state index contributed by atoms with van der Waals surface area (Å²) in [5.74, 6) is -0.220. The molecule has 2 N–H and O–H groups in total. The van der Waals surface area contributed by atoms with Crippen LogP contribution in [0.25, 0.3) is 0 Å². The van der Waals surface area contributed by atoms with E-state index < -0.39 is 12.2 Å². The maximum atomic E-state index is 11.4. The van der Waals surface area contributed by atoms with Crippen molar-refractivity contribution in [3.63, 3.8) is 0 Å². The van der Waals surface area contributed by atoms with Gasteiger partial charge in [-0.05, 0) is 26.2 Å². The number of aliphatic hydroxyl groups is 2. The number of aliphatic hydroxyl groups excluding tert-OH is 1. The second-order valence-corrected chi connectivity index (χ2v) is 5.49. The van der Waals surface area contributed by atoms with Gasteiger partial charge < -0.3 is 19.8 Å². The number of ether oxygens (including phenoxy) is 1. The highest BCUT2D eigenvalue weighted by Crippen LogP contribution is 2.39. The molecule has 2 aliphatic rings. The smallest absolute Gasteiger partial charge is 0.248 e. The van der Waals surface area contributed by atoms with Gasteiger partial charge in [0.2, 0.25) is 5.91 Å². The van der Waals surface area contributed by atoms with E-state index in [9.17, 15) is 9.90 Å². The van der Waals surface area contributed by atoms with Crippen LogP contribution in [0.1, 0.15) is 32.6 Å². The van der Waals surface area contributed by atoms with E-state index in [1.807, 2.05) is 6.92 Å². The molecule has 0 saturated carbocycles. The lowest BCUT2D eigenvalue weighted by molar-refractivity contribution is -0.176. The number of likely N-dealkylation sites (tertiary alicyclic amines) is 1. The summed E-state index contributed by atoms with van der Waals surface area (Å²) in [6.45, 7) is 3.22. The quantitative estimate of drug-likeness (QED) is 0.675. The van der Waals surface area contributed by atoms with Crippen LogP contribution in [0, 0.1) is 0 Å². The predicted molar refractivity (Wildman–Crippen MR) is 61.4 cm³/mol. The van der Waals surface area contributed by atoms with Crippen molar-refractivity contribution < 1.29 is 19.7 Å². The zero-order valence-corrected chi connectivity index (χ0v) is 10.3. The van der Waals surface area contributed by atoms with Crippen LogP contribution in [0.15, 0.2) is 0 Å². The molecule has 1 atom stereocenters. The molecule has 2 aliphatic heterocycles. The average molecular weight is 243 g/mol. The van der Waals surface area contributed by atoms with Gasteiger partial charge in [0.05, 0.1) is 17.8 Å². The van der Waals surface area contributed by atoms with Crippen molar-refractivity contribution in [3.8, 4) is 0 Å². The lowest BCUT2D eigenvalue weighted by Gasteiger charge is -2.48. The molecular formula is C12H21NO4. The van der Waals surface area contributed by atoms with Gasteiger partial charge in [-0.3, -0.25) is 4.79 Å². The van der Waals surface area contributed by atoms with Crippen LogP contribution in [-0.4, -0.2) is 58.5 Å². The van der Waals surface area contributed by atoms with E-state index in [4.69, 9.17) is 9.84 Å². The van der Waals surface area contributed by atoms with Crippen molar-refractivity contribution in [1.82, 2.24) is 4.90 Å². The second-order valence-electron chi connectivity index (χ2n) is 5.49. The van der Waals surface area contributed by atoms with Gasteiger partial charge in [0, 0.05) is 19.5 Å². The van der Waals surface area contributed by atoms with Crippen LogP contribution in [0.2, 0.25) is 0 Å². The molecule has 17 heavy (non-hydrogen) atoms. The van der Waals surface area contributed by atoms with Gasteiger partial charge in [-0.1, -0.05) is 0 Å². The molecule has 0 aromatic heterocycles. The number of nitrogens with zero attached hydrogens (tertiary/aromatic N) is 1. The normalized spacial score (nSPS) is 32.8. The maximum absolute atomic E-state index is 11.4. The molecule has 98 valence electrons. The number of hydrogen-bond donors (Lipinski definition) is 2. The summed E-state index contributed by atoms with van der Waals surface area (Å²) in [5.41, 5.74) is -0.921. The molecule has 1 amide bonds. The second kappa shape index (κ2) is 4.55. The van der Waals surface area contributed by atoms with Crippen molar-refractivity contribution in [1.29, 1.82) is 0 Å². The first-order chi connectivity index (χ1) is 7.96. The van der Waals surface area contributed by atoms with Crippen molar-refractivity contribution in [3.05, 3.63) is 0 Å². The Kier molecular flexibility index (Phi) is 3.43. The fourth-order valence-corrected chi connectivity index (χ4v) is 2.91. The Morgan fingerprint density at radius 3 is 2.53 bits per heavy atom. The minimum absolute atomic E-state index is 0.220. The van der Waals surface area contributed by atoms with Crippen LogP contribution < -0.4 is 0 Å². The summed E-state index contributed by atoms with van der Waals surface area (Å²) in [6, 6.07) is 0. The Balaban J connectivity index is 1.95. The number of piperidine rings is 1. The van der Waals surface area contributed by atoms with E-state index >= 15 is 0 Å². The molecular weight excluding hydrogens is 222 g/mol. The van der Waals surface area contributed by atoms with E-state index in [0.717, 1.165) is 12.8 Å². The van der Waals surface area contributed by atoms with Crippen molar-refractivity contribution >= 4 is 5.91 Å². The third-order valence-electron chi connectivity index (χ3n) is 3.91. The van der Waals surface area contributed by atoms with Crippen LogP contribution in [-0.2, 0) is 9.53 Å². The summed E-state index contributed by atoms with van der Waals surface area (Å²) in [4.78, 5) is 13.0. The van der Waals surface area contributed by atoms with Gasteiger partial charge >= 0.3 is 0 Å². The first kappa shape index (κ1) is 12.8. The van der Waals surface area contributed by atoms with Gasteiger partial charge in [0.15, 0.2) is 0 Å². The molecule has 0 aliphatic carbocycles. The summed E-state index contributed by atoms with van der Waals surface area (Å²) < 4.78 is 5.84. The number of amides is 1. The highest BCUT2D eigenvalue weighted by Gasteiger charge is 2.44. The molecule has 1 spiro atoms. The molecule has 0 bridgehead atoms. The van der Waals surface area contributed by atoms with E-state index in [1.54, 1.807) is 4.90 Å². The van der Waals surface area contributed by atoms with E-state index in [-0.39, 0.29) is 11.5 Å². The Hall–Kier alpha value is -0.650. The molecule has 0 radical (unpaired) electrons. The third-order valence-corrected chi connectivity index (χ3v) is 3.91. The minimum Gasteiger partial charge on any atom is -0.390 e. The van der Waals surface area contributed by atoms with Crippen LogP contribution in [0.5, 0.6) is 0 Å². The Labute approximate surface area is 101 Å². The molecule has 2 fully saturated rings. The largest absolute Gasteiger partial charge is 0.390 e. The van der Waals surface area contributed by atoms with Crippen molar-refractivity contribution in [2.24, 2.45) is 0 Å². The zero-order valence-electron chi connectivity index (χ0n) is 10.3. The lowest BCUT2D eigenvalue weighted by atomic mass is 9.78. The Morgan fingerprint density at radius 2 is 2.00 bits per heavy atom. The summed E-state index contributed by atoms with van der Waals surface area (Å²) in [5, 5.41) is 18.9. The first-order valence-corrected chi connectivity index (χ1v) is 6.21. The van der Waals surface area contributed by atoms with Crippen LogP contribution in [0.4, 0.5) is 0 Å². The fourth-order valence-electron chi connectivity index (χ4n) is 2.91. The van der Waals surface area contributed by atoms with Gasteiger partial charge in [-0.15, -0.1) is 0 Å². The average Bonchev–Trinajstić information content (AvgIpc) is 2.27. The standard InChI is InChI=1S/C12H21NO4/c1-11(16)4-7-17-12(9-11)2-5-13(6-3-12)10(15)8-14/h14,16H,2-9H2,1H3. The van der Waals surface area contributed by atoms with Gasteiger partial charge in [-0.2, -0.15) is 0 Å². The Bertz CT molecular complexity index is 295. The van der Waals surface area contributed by atoms with Crippen LogP contribution >= 0.6 is 0 Å². The Morgan fingerprint density at radius 1 is 1.35 bits per heavy atom. The first-order valence-electron chi connectivity index (χ1n) is 6.21. The molecule has 0 aromatic carbocycles. The number of carbonyl (C=O) groups excluding carboxylic acids is 1. The molecule has 0 aromatic rings. The third kappa shape index (κ3) is 2.78. The van der Waals surface area contributed by atoms with Gasteiger partial charge in [-0.25, -0.2) is 0 Å². The molecule has 2 saturated heterocycles. The summed E-state index contributed by atoms with van der Waals surface area (Å²) in [6.07, 6.45) is 2.80. The molecule has 2 rings (SSSR count). The number of hydrogen-bond acceptors (Lipinski definition) is 4. The van der Waals surface area contributed by atoms with Crippen LogP contribution in [0.3, 0.4) is 0 Å².